The van der Waals surface area contributed by atoms with Crippen LogP contribution in [0, 0.1) is 0 Å². The molecule has 4 heteroatoms. The van der Waals surface area contributed by atoms with Crippen LogP contribution < -0.4 is 4.90 Å². The molecule has 0 N–H and O–H groups in total. The normalized spacial score (nSPS) is 11.8. The van der Waals surface area contributed by atoms with Crippen LogP contribution in [0.5, 0.6) is 0 Å². The lowest BCUT2D eigenvalue weighted by Gasteiger charge is -2.27. The number of thiophene rings is 2. The third-order valence-electron chi connectivity index (χ3n) is 10.3. The van der Waals surface area contributed by atoms with Gasteiger partial charge in [-0.3, -0.25) is 0 Å². The Hall–Kier alpha value is -6.20. The Labute approximate surface area is 308 Å². The monoisotopic (exact) mass is 699 g/mol. The van der Waals surface area contributed by atoms with E-state index in [2.05, 4.69) is 169 Å². The zero-order valence-electron chi connectivity index (χ0n) is 27.9. The molecule has 0 radical (unpaired) electrons. The first-order valence-corrected chi connectivity index (χ1v) is 19.1. The number of furan rings is 1. The van der Waals surface area contributed by atoms with Gasteiger partial charge in [0.1, 0.15) is 11.2 Å². The predicted octanol–water partition coefficient (Wildman–Crippen LogP) is 15.1. The minimum Gasteiger partial charge on any atom is -0.456 e. The number of rotatable bonds is 5. The molecule has 0 aliphatic carbocycles. The van der Waals surface area contributed by atoms with Crippen LogP contribution in [0.15, 0.2) is 180 Å². The molecule has 0 spiro atoms. The van der Waals surface area contributed by atoms with Crippen molar-refractivity contribution in [2.75, 3.05) is 4.90 Å². The molecule has 0 aliphatic rings. The van der Waals surface area contributed by atoms with Crippen molar-refractivity contribution < 1.29 is 4.42 Å². The van der Waals surface area contributed by atoms with Crippen molar-refractivity contribution in [1.29, 1.82) is 0 Å². The van der Waals surface area contributed by atoms with Gasteiger partial charge in [0.25, 0.3) is 0 Å². The fourth-order valence-electron chi connectivity index (χ4n) is 7.92. The van der Waals surface area contributed by atoms with Gasteiger partial charge in [-0.05, 0) is 82.9 Å². The van der Waals surface area contributed by atoms with Gasteiger partial charge in [0.2, 0.25) is 0 Å². The molecule has 0 saturated carbocycles. The summed E-state index contributed by atoms with van der Waals surface area (Å²) in [7, 11) is 0. The summed E-state index contributed by atoms with van der Waals surface area (Å²) >= 11 is 3.79. The summed E-state index contributed by atoms with van der Waals surface area (Å²) in [6, 6.07) is 63.5. The number of nitrogens with zero attached hydrogens (tertiary/aromatic N) is 1. The Bertz CT molecular complexity index is 3110. The quantitative estimate of drug-likeness (QED) is 0.178. The minimum atomic E-state index is 0.909. The van der Waals surface area contributed by atoms with Crippen LogP contribution in [0.4, 0.5) is 17.1 Å². The molecule has 0 bridgehead atoms. The van der Waals surface area contributed by atoms with Crippen molar-refractivity contribution in [3.8, 4) is 22.3 Å². The van der Waals surface area contributed by atoms with Crippen LogP contribution in [0.1, 0.15) is 0 Å². The second-order valence-electron chi connectivity index (χ2n) is 13.2. The number of anilines is 3. The zero-order chi connectivity index (χ0) is 34.2. The van der Waals surface area contributed by atoms with E-state index in [1.165, 1.54) is 62.7 Å². The van der Waals surface area contributed by atoms with Gasteiger partial charge in [-0.2, -0.15) is 0 Å². The standard InChI is InChI=1S/C48H29NOS2/c1-2-10-30(11-3-1)31-20-24-33(25-21-31)49(34-26-22-32(23-27-34)35-14-8-17-41-45(35)38-13-4-6-16-40(38)50-41)39-15-9-19-43-46(39)47-44(51-43)29-28-37-36-12-5-7-18-42(36)52-48(37)47/h1-29H. The molecule has 8 aromatic carbocycles. The van der Waals surface area contributed by atoms with E-state index in [-0.39, 0.29) is 0 Å². The molecule has 0 saturated heterocycles. The summed E-state index contributed by atoms with van der Waals surface area (Å²) in [4.78, 5) is 2.44. The topological polar surface area (TPSA) is 16.4 Å². The fraction of sp³-hybridized carbons (Fsp3) is 0. The SMILES string of the molecule is c1ccc(-c2ccc(N(c3ccc(-c4cccc5oc6ccccc6c45)cc3)c3cccc4sc5ccc6c7ccccc7sc6c5c34)cc2)cc1. The van der Waals surface area contributed by atoms with Crippen LogP contribution in [0.25, 0.3) is 84.5 Å². The molecule has 0 aliphatic heterocycles. The first-order chi connectivity index (χ1) is 25.8. The van der Waals surface area contributed by atoms with E-state index in [9.17, 15) is 0 Å². The molecule has 2 nitrogen and oxygen atoms in total. The number of benzene rings is 8. The van der Waals surface area contributed by atoms with Crippen molar-refractivity contribution in [3.05, 3.63) is 176 Å². The molecule has 244 valence electrons. The Balaban J connectivity index is 1.13. The lowest BCUT2D eigenvalue weighted by molar-refractivity contribution is 0.669. The molecule has 11 aromatic rings. The smallest absolute Gasteiger partial charge is 0.136 e. The van der Waals surface area contributed by atoms with E-state index < -0.39 is 0 Å². The Morgan fingerprint density at radius 3 is 1.83 bits per heavy atom. The summed E-state index contributed by atoms with van der Waals surface area (Å²) in [6.45, 7) is 0. The van der Waals surface area contributed by atoms with Gasteiger partial charge in [0, 0.05) is 62.5 Å². The third kappa shape index (κ3) is 4.55. The highest BCUT2D eigenvalue weighted by Gasteiger charge is 2.21. The van der Waals surface area contributed by atoms with Crippen LogP contribution in [-0.4, -0.2) is 0 Å². The maximum atomic E-state index is 6.25. The number of para-hydroxylation sites is 1. The van der Waals surface area contributed by atoms with E-state index in [0.29, 0.717) is 0 Å². The average Bonchev–Trinajstić information content (AvgIpc) is 3.90. The second-order valence-corrected chi connectivity index (χ2v) is 15.4. The summed E-state index contributed by atoms with van der Waals surface area (Å²) in [5.74, 6) is 0. The summed E-state index contributed by atoms with van der Waals surface area (Å²) in [5.41, 5.74) is 9.97. The number of hydrogen-bond donors (Lipinski definition) is 0. The highest BCUT2D eigenvalue weighted by Crippen LogP contribution is 2.50. The molecule has 0 fully saturated rings. The molecular weight excluding hydrogens is 671 g/mol. The highest BCUT2D eigenvalue weighted by atomic mass is 32.1. The number of fused-ring (bicyclic) bond motifs is 10. The molecule has 0 amide bonds. The summed E-state index contributed by atoms with van der Waals surface area (Å²) < 4.78 is 11.5. The van der Waals surface area contributed by atoms with Gasteiger partial charge in [-0.15, -0.1) is 22.7 Å². The molecule has 0 atom stereocenters. The Morgan fingerprint density at radius 2 is 1.00 bits per heavy atom. The maximum Gasteiger partial charge on any atom is 0.136 e. The van der Waals surface area contributed by atoms with Gasteiger partial charge >= 0.3 is 0 Å². The van der Waals surface area contributed by atoms with Gasteiger partial charge in [0.05, 0.1) is 5.69 Å². The van der Waals surface area contributed by atoms with Gasteiger partial charge in [-0.25, -0.2) is 0 Å². The lowest BCUT2D eigenvalue weighted by atomic mass is 9.99. The van der Waals surface area contributed by atoms with E-state index in [4.69, 9.17) is 4.42 Å². The molecule has 11 rings (SSSR count). The highest BCUT2D eigenvalue weighted by molar-refractivity contribution is 7.29. The average molecular weight is 700 g/mol. The number of hydrogen-bond acceptors (Lipinski definition) is 4. The first-order valence-electron chi connectivity index (χ1n) is 17.5. The summed E-state index contributed by atoms with van der Waals surface area (Å²) in [5, 5.41) is 7.58. The van der Waals surface area contributed by atoms with Crippen molar-refractivity contribution in [3.63, 3.8) is 0 Å². The van der Waals surface area contributed by atoms with Gasteiger partial charge in [0.15, 0.2) is 0 Å². The fourth-order valence-corrected chi connectivity index (χ4v) is 10.4. The maximum absolute atomic E-state index is 6.25. The largest absolute Gasteiger partial charge is 0.456 e. The lowest BCUT2D eigenvalue weighted by Crippen LogP contribution is -2.10. The molecule has 3 aromatic heterocycles. The van der Waals surface area contributed by atoms with E-state index in [1.54, 1.807) is 0 Å². The van der Waals surface area contributed by atoms with Gasteiger partial charge < -0.3 is 9.32 Å². The zero-order valence-corrected chi connectivity index (χ0v) is 29.5. The van der Waals surface area contributed by atoms with Crippen LogP contribution in [-0.2, 0) is 0 Å². The first kappa shape index (κ1) is 29.5. The molecule has 3 heterocycles. The molecular formula is C48H29NOS2. The van der Waals surface area contributed by atoms with Crippen molar-refractivity contribution in [2.45, 2.75) is 0 Å². The molecule has 52 heavy (non-hydrogen) atoms. The predicted molar refractivity (Wildman–Crippen MR) is 225 cm³/mol. The Morgan fingerprint density at radius 1 is 0.365 bits per heavy atom. The molecule has 0 unspecified atom stereocenters. The van der Waals surface area contributed by atoms with Crippen LogP contribution >= 0.6 is 22.7 Å². The van der Waals surface area contributed by atoms with Crippen molar-refractivity contribution in [2.24, 2.45) is 0 Å². The second kappa shape index (κ2) is 11.7. The van der Waals surface area contributed by atoms with E-state index in [1.807, 2.05) is 34.8 Å². The van der Waals surface area contributed by atoms with E-state index in [0.717, 1.165) is 38.9 Å². The third-order valence-corrected chi connectivity index (χ3v) is 12.6. The van der Waals surface area contributed by atoms with Crippen molar-refractivity contribution >= 4 is 102 Å². The van der Waals surface area contributed by atoms with Crippen LogP contribution in [0.2, 0.25) is 0 Å². The Kier molecular flexibility index (Phi) is 6.63. The minimum absolute atomic E-state index is 0.909. The van der Waals surface area contributed by atoms with Crippen LogP contribution in [0.3, 0.4) is 0 Å². The van der Waals surface area contributed by atoms with Crippen molar-refractivity contribution in [1.82, 2.24) is 0 Å². The van der Waals surface area contributed by atoms with Gasteiger partial charge in [-0.1, -0.05) is 115 Å². The van der Waals surface area contributed by atoms with E-state index >= 15 is 0 Å². The summed E-state index contributed by atoms with van der Waals surface area (Å²) in [6.07, 6.45) is 0.